The monoisotopic (exact) mass is 216 g/mol. The fourth-order valence-corrected chi connectivity index (χ4v) is 3.26. The average Bonchev–Trinajstić information content (AvgIpc) is 2.74. The number of hydrogen-bond acceptors (Lipinski definition) is 0. The van der Waals surface area contributed by atoms with Gasteiger partial charge in [0.25, 0.3) is 0 Å². The standard InChI is InChI=1S/C16H24/c1-4-14-9-5-6-10-16(14)13(3)15-11-7-8-12(15)2/h5-6,10,12,14H,4,7-9,11H2,1-3H3/b15-13+. The van der Waals surface area contributed by atoms with Gasteiger partial charge in [0.2, 0.25) is 0 Å². The third-order valence-electron chi connectivity index (χ3n) is 4.36. The van der Waals surface area contributed by atoms with Gasteiger partial charge in [0.15, 0.2) is 0 Å². The van der Waals surface area contributed by atoms with Crippen LogP contribution in [-0.2, 0) is 0 Å². The van der Waals surface area contributed by atoms with Crippen LogP contribution in [0.5, 0.6) is 0 Å². The molecule has 2 unspecified atom stereocenters. The molecule has 0 aromatic rings. The quantitative estimate of drug-likeness (QED) is 0.607. The lowest BCUT2D eigenvalue weighted by Crippen LogP contribution is -2.08. The lowest BCUT2D eigenvalue weighted by atomic mass is 9.82. The van der Waals surface area contributed by atoms with E-state index < -0.39 is 0 Å². The van der Waals surface area contributed by atoms with Gasteiger partial charge in [-0.2, -0.15) is 0 Å². The van der Waals surface area contributed by atoms with Crippen LogP contribution in [0.25, 0.3) is 0 Å². The summed E-state index contributed by atoms with van der Waals surface area (Å²) in [6, 6.07) is 0. The van der Waals surface area contributed by atoms with Gasteiger partial charge in [0.05, 0.1) is 0 Å². The van der Waals surface area contributed by atoms with Crippen LogP contribution in [0, 0.1) is 11.8 Å². The molecular weight excluding hydrogens is 192 g/mol. The third-order valence-corrected chi connectivity index (χ3v) is 4.36. The zero-order valence-corrected chi connectivity index (χ0v) is 10.9. The minimum Gasteiger partial charge on any atom is -0.0839 e. The molecule has 0 N–H and O–H groups in total. The highest BCUT2D eigenvalue weighted by Gasteiger charge is 2.22. The molecule has 2 aliphatic rings. The Morgan fingerprint density at radius 1 is 1.44 bits per heavy atom. The van der Waals surface area contributed by atoms with Crippen molar-refractivity contribution in [1.29, 1.82) is 0 Å². The van der Waals surface area contributed by atoms with E-state index in [1.165, 1.54) is 32.1 Å². The maximum Gasteiger partial charge on any atom is -0.0127 e. The van der Waals surface area contributed by atoms with Crippen LogP contribution in [0.15, 0.2) is 34.9 Å². The van der Waals surface area contributed by atoms with E-state index in [0.717, 1.165) is 11.8 Å². The summed E-state index contributed by atoms with van der Waals surface area (Å²) in [4.78, 5) is 0. The van der Waals surface area contributed by atoms with Gasteiger partial charge in [-0.05, 0) is 62.0 Å². The molecule has 0 saturated heterocycles. The van der Waals surface area contributed by atoms with Gasteiger partial charge in [-0.3, -0.25) is 0 Å². The molecule has 0 aromatic carbocycles. The van der Waals surface area contributed by atoms with Gasteiger partial charge < -0.3 is 0 Å². The molecule has 2 aliphatic carbocycles. The summed E-state index contributed by atoms with van der Waals surface area (Å²) in [7, 11) is 0. The van der Waals surface area contributed by atoms with Crippen molar-refractivity contribution in [2.75, 3.05) is 0 Å². The SMILES string of the molecule is CCC1CC=CC=C1/C(C)=C1\CCCC1C. The first-order valence-corrected chi connectivity index (χ1v) is 6.80. The predicted octanol–water partition coefficient (Wildman–Crippen LogP) is 5.04. The van der Waals surface area contributed by atoms with E-state index in [2.05, 4.69) is 39.0 Å². The Balaban J connectivity index is 2.29. The van der Waals surface area contributed by atoms with E-state index in [-0.39, 0.29) is 0 Å². The molecule has 0 nitrogen and oxygen atoms in total. The smallest absolute Gasteiger partial charge is 0.0127 e. The molecule has 2 atom stereocenters. The van der Waals surface area contributed by atoms with Crippen LogP contribution in [-0.4, -0.2) is 0 Å². The Labute approximate surface area is 100 Å². The van der Waals surface area contributed by atoms with Gasteiger partial charge in [0, 0.05) is 0 Å². The second-order valence-corrected chi connectivity index (χ2v) is 5.33. The van der Waals surface area contributed by atoms with E-state index in [1.54, 1.807) is 16.7 Å². The van der Waals surface area contributed by atoms with Crippen LogP contribution in [0.4, 0.5) is 0 Å². The molecule has 2 rings (SSSR count). The molecule has 88 valence electrons. The van der Waals surface area contributed by atoms with Crippen LogP contribution in [0.3, 0.4) is 0 Å². The van der Waals surface area contributed by atoms with E-state index >= 15 is 0 Å². The Morgan fingerprint density at radius 3 is 2.88 bits per heavy atom. The minimum atomic E-state index is 0.769. The molecule has 0 aliphatic heterocycles. The Hall–Kier alpha value is -0.780. The van der Waals surface area contributed by atoms with Crippen LogP contribution in [0.1, 0.15) is 52.9 Å². The van der Waals surface area contributed by atoms with E-state index in [9.17, 15) is 0 Å². The van der Waals surface area contributed by atoms with Gasteiger partial charge >= 0.3 is 0 Å². The molecule has 1 saturated carbocycles. The zero-order valence-electron chi connectivity index (χ0n) is 10.9. The van der Waals surface area contributed by atoms with Gasteiger partial charge in [-0.1, -0.05) is 37.6 Å². The molecule has 1 fully saturated rings. The molecule has 0 spiro atoms. The highest BCUT2D eigenvalue weighted by Crippen LogP contribution is 2.38. The summed E-state index contributed by atoms with van der Waals surface area (Å²) < 4.78 is 0. The van der Waals surface area contributed by atoms with Gasteiger partial charge in [-0.25, -0.2) is 0 Å². The predicted molar refractivity (Wildman–Crippen MR) is 71.3 cm³/mol. The van der Waals surface area contributed by atoms with Crippen molar-refractivity contribution in [3.05, 3.63) is 34.9 Å². The van der Waals surface area contributed by atoms with Crippen LogP contribution < -0.4 is 0 Å². The summed E-state index contributed by atoms with van der Waals surface area (Å²) >= 11 is 0. The highest BCUT2D eigenvalue weighted by atomic mass is 14.3. The molecule has 0 radical (unpaired) electrons. The number of rotatable bonds is 2. The first kappa shape index (κ1) is 11.7. The lowest BCUT2D eigenvalue weighted by Gasteiger charge is -2.23. The largest absolute Gasteiger partial charge is 0.0839 e. The molecule has 0 amide bonds. The second kappa shape index (κ2) is 5.03. The molecular formula is C16H24. The van der Waals surface area contributed by atoms with Crippen molar-refractivity contribution in [2.24, 2.45) is 11.8 Å². The van der Waals surface area contributed by atoms with E-state index in [1.807, 2.05) is 0 Å². The Bertz CT molecular complexity index is 341. The summed E-state index contributed by atoms with van der Waals surface area (Å²) in [5, 5.41) is 0. The van der Waals surface area contributed by atoms with E-state index in [4.69, 9.17) is 0 Å². The summed E-state index contributed by atoms with van der Waals surface area (Å²) in [5.74, 6) is 1.59. The van der Waals surface area contributed by atoms with Gasteiger partial charge in [0.1, 0.15) is 0 Å². The average molecular weight is 216 g/mol. The summed E-state index contributed by atoms with van der Waals surface area (Å²) in [6.07, 6.45) is 13.5. The molecule has 0 bridgehead atoms. The van der Waals surface area contributed by atoms with Gasteiger partial charge in [-0.15, -0.1) is 0 Å². The van der Waals surface area contributed by atoms with Crippen molar-refractivity contribution in [1.82, 2.24) is 0 Å². The van der Waals surface area contributed by atoms with Crippen molar-refractivity contribution >= 4 is 0 Å². The van der Waals surface area contributed by atoms with Crippen molar-refractivity contribution < 1.29 is 0 Å². The number of hydrogen-bond donors (Lipinski definition) is 0. The molecule has 0 heteroatoms. The van der Waals surface area contributed by atoms with Crippen molar-refractivity contribution in [3.8, 4) is 0 Å². The lowest BCUT2D eigenvalue weighted by molar-refractivity contribution is 0.595. The summed E-state index contributed by atoms with van der Waals surface area (Å²) in [5.41, 5.74) is 4.97. The molecule has 0 aromatic heterocycles. The van der Waals surface area contributed by atoms with Crippen LogP contribution >= 0.6 is 0 Å². The normalized spacial score (nSPS) is 32.8. The molecule has 16 heavy (non-hydrogen) atoms. The fraction of sp³-hybridized carbons (Fsp3) is 0.625. The molecule has 0 heterocycles. The zero-order chi connectivity index (χ0) is 11.5. The van der Waals surface area contributed by atoms with Crippen molar-refractivity contribution in [3.63, 3.8) is 0 Å². The topological polar surface area (TPSA) is 0 Å². The Morgan fingerprint density at radius 2 is 2.25 bits per heavy atom. The maximum absolute atomic E-state index is 2.39. The number of allylic oxidation sites excluding steroid dienone is 6. The fourth-order valence-electron chi connectivity index (χ4n) is 3.26. The second-order valence-electron chi connectivity index (χ2n) is 5.33. The van der Waals surface area contributed by atoms with E-state index in [0.29, 0.717) is 0 Å². The first-order valence-electron chi connectivity index (χ1n) is 6.80. The van der Waals surface area contributed by atoms with Crippen LogP contribution in [0.2, 0.25) is 0 Å². The third kappa shape index (κ3) is 2.16. The van der Waals surface area contributed by atoms with Crippen molar-refractivity contribution in [2.45, 2.75) is 52.9 Å². The summed E-state index contributed by atoms with van der Waals surface area (Å²) in [6.45, 7) is 7.06. The maximum atomic E-state index is 2.39. The Kier molecular flexibility index (Phi) is 3.68. The highest BCUT2D eigenvalue weighted by molar-refractivity contribution is 5.41. The minimum absolute atomic E-state index is 0.769. The first-order chi connectivity index (χ1) is 7.74.